The number of benzene rings is 3. The van der Waals surface area contributed by atoms with Crippen molar-refractivity contribution >= 4 is 23.7 Å². The molecule has 0 unspecified atom stereocenters. The minimum absolute atomic E-state index is 0.325. The van der Waals surface area contributed by atoms with Crippen molar-refractivity contribution in [1.29, 1.82) is 0 Å². The summed E-state index contributed by atoms with van der Waals surface area (Å²) in [7, 11) is 3.09. The normalized spacial score (nSPS) is 10.5. The summed E-state index contributed by atoms with van der Waals surface area (Å²) >= 11 is 0. The Morgan fingerprint density at radius 2 is 1.52 bits per heavy atom. The van der Waals surface area contributed by atoms with Crippen LogP contribution in [-0.2, 0) is 0 Å². The minimum atomic E-state index is -0.417. The summed E-state index contributed by atoms with van der Waals surface area (Å²) in [6.07, 6.45) is 1.47. The van der Waals surface area contributed by atoms with E-state index in [2.05, 4.69) is 15.8 Å². The maximum absolute atomic E-state index is 13.0. The van der Waals surface area contributed by atoms with Crippen LogP contribution < -0.4 is 20.2 Å². The highest BCUT2D eigenvalue weighted by molar-refractivity contribution is 6.04. The molecule has 3 aromatic rings. The average molecular weight is 421 g/mol. The van der Waals surface area contributed by atoms with Gasteiger partial charge < -0.3 is 14.8 Å². The van der Waals surface area contributed by atoms with Crippen molar-refractivity contribution in [1.82, 2.24) is 5.43 Å². The van der Waals surface area contributed by atoms with Gasteiger partial charge in [0.15, 0.2) is 0 Å². The van der Waals surface area contributed by atoms with Crippen molar-refractivity contribution in [3.63, 3.8) is 0 Å². The lowest BCUT2D eigenvalue weighted by Gasteiger charge is -2.07. The Hall–Kier alpha value is -4.20. The quantitative estimate of drug-likeness (QED) is 0.448. The lowest BCUT2D eigenvalue weighted by Crippen LogP contribution is -2.18. The molecule has 2 amide bonds. The number of hydrogen-bond donors (Lipinski definition) is 2. The standard InChI is InChI=1S/C23H20FN3O4/c1-30-20-12-7-17(21(13-20)31-2)14-25-27-23(29)16-5-10-19(11-6-16)26-22(28)15-3-8-18(24)9-4-15/h3-14H,1-2H3,(H,26,28)(H,27,29)/b25-14-. The molecular weight excluding hydrogens is 401 g/mol. The topological polar surface area (TPSA) is 89.0 Å². The summed E-state index contributed by atoms with van der Waals surface area (Å²) < 4.78 is 23.4. The second-order valence-corrected chi connectivity index (χ2v) is 6.35. The molecule has 0 heterocycles. The third kappa shape index (κ3) is 5.66. The van der Waals surface area contributed by atoms with Gasteiger partial charge in [0.2, 0.25) is 0 Å². The van der Waals surface area contributed by atoms with Gasteiger partial charge in [-0.2, -0.15) is 5.10 Å². The Kier molecular flexibility index (Phi) is 6.95. The van der Waals surface area contributed by atoms with Crippen LogP contribution in [0.15, 0.2) is 71.8 Å². The highest BCUT2D eigenvalue weighted by Crippen LogP contribution is 2.23. The van der Waals surface area contributed by atoms with E-state index in [0.717, 1.165) is 0 Å². The molecular formula is C23H20FN3O4. The molecule has 0 fully saturated rings. The van der Waals surface area contributed by atoms with Gasteiger partial charge >= 0.3 is 0 Å². The summed E-state index contributed by atoms with van der Waals surface area (Å²) in [5.74, 6) is -0.0152. The Morgan fingerprint density at radius 3 is 2.16 bits per heavy atom. The fraction of sp³-hybridized carbons (Fsp3) is 0.0870. The highest BCUT2D eigenvalue weighted by atomic mass is 19.1. The van der Waals surface area contributed by atoms with Gasteiger partial charge in [-0.1, -0.05) is 0 Å². The summed E-state index contributed by atoms with van der Waals surface area (Å²) in [6, 6.07) is 16.7. The lowest BCUT2D eigenvalue weighted by atomic mass is 10.1. The third-order valence-corrected chi connectivity index (χ3v) is 4.32. The molecule has 0 aliphatic heterocycles. The van der Waals surface area contributed by atoms with Gasteiger partial charge in [-0.15, -0.1) is 0 Å². The fourth-order valence-electron chi connectivity index (χ4n) is 2.66. The number of ether oxygens (including phenoxy) is 2. The first-order valence-corrected chi connectivity index (χ1v) is 9.22. The number of carbonyl (C=O) groups is 2. The summed E-state index contributed by atoms with van der Waals surface area (Å²) in [5, 5.41) is 6.64. The van der Waals surface area contributed by atoms with Crippen molar-refractivity contribution in [3.05, 3.63) is 89.2 Å². The number of methoxy groups -OCH3 is 2. The van der Waals surface area contributed by atoms with E-state index in [-0.39, 0.29) is 5.91 Å². The minimum Gasteiger partial charge on any atom is -0.497 e. The number of amides is 2. The van der Waals surface area contributed by atoms with E-state index in [1.165, 1.54) is 37.6 Å². The molecule has 0 saturated heterocycles. The van der Waals surface area contributed by atoms with E-state index in [9.17, 15) is 14.0 Å². The molecule has 31 heavy (non-hydrogen) atoms. The van der Waals surface area contributed by atoms with E-state index >= 15 is 0 Å². The molecule has 0 aliphatic rings. The zero-order valence-electron chi connectivity index (χ0n) is 16.9. The molecule has 0 aromatic heterocycles. The highest BCUT2D eigenvalue weighted by Gasteiger charge is 2.08. The smallest absolute Gasteiger partial charge is 0.271 e. The van der Waals surface area contributed by atoms with Crippen molar-refractivity contribution in [3.8, 4) is 11.5 Å². The molecule has 0 aliphatic carbocycles. The molecule has 3 rings (SSSR count). The molecule has 2 N–H and O–H groups in total. The van der Waals surface area contributed by atoms with E-state index in [0.29, 0.717) is 33.9 Å². The molecule has 7 nitrogen and oxygen atoms in total. The molecule has 0 radical (unpaired) electrons. The lowest BCUT2D eigenvalue weighted by molar-refractivity contribution is 0.0954. The molecule has 158 valence electrons. The number of halogens is 1. The first-order chi connectivity index (χ1) is 15.0. The molecule has 0 bridgehead atoms. The van der Waals surface area contributed by atoms with Crippen molar-refractivity contribution < 1.29 is 23.5 Å². The third-order valence-electron chi connectivity index (χ3n) is 4.32. The zero-order valence-corrected chi connectivity index (χ0v) is 16.9. The number of rotatable bonds is 7. The van der Waals surface area contributed by atoms with E-state index in [4.69, 9.17) is 9.47 Å². The van der Waals surface area contributed by atoms with Crippen LogP contribution in [0.5, 0.6) is 11.5 Å². The predicted molar refractivity (Wildman–Crippen MR) is 115 cm³/mol. The van der Waals surface area contributed by atoms with Crippen LogP contribution in [0.1, 0.15) is 26.3 Å². The Bertz CT molecular complexity index is 1100. The van der Waals surface area contributed by atoms with Gasteiger partial charge in [-0.3, -0.25) is 9.59 Å². The van der Waals surface area contributed by atoms with Crippen LogP contribution in [0.25, 0.3) is 0 Å². The second kappa shape index (κ2) is 10.0. The number of hydrazone groups is 1. The number of nitrogens with one attached hydrogen (secondary N) is 2. The molecule has 8 heteroatoms. The van der Waals surface area contributed by atoms with Crippen molar-refractivity contribution in [2.24, 2.45) is 5.10 Å². The Morgan fingerprint density at radius 1 is 0.871 bits per heavy atom. The van der Waals surface area contributed by atoms with Gasteiger partial charge in [0.25, 0.3) is 11.8 Å². The maximum atomic E-state index is 13.0. The monoisotopic (exact) mass is 421 g/mol. The van der Waals surface area contributed by atoms with Crippen molar-refractivity contribution in [2.75, 3.05) is 19.5 Å². The van der Waals surface area contributed by atoms with Gasteiger partial charge in [0.1, 0.15) is 17.3 Å². The van der Waals surface area contributed by atoms with Crippen LogP contribution in [0.3, 0.4) is 0 Å². The number of nitrogens with zero attached hydrogens (tertiary/aromatic N) is 1. The van der Waals surface area contributed by atoms with Gasteiger partial charge in [-0.05, 0) is 60.7 Å². The van der Waals surface area contributed by atoms with Crippen LogP contribution >= 0.6 is 0 Å². The van der Waals surface area contributed by atoms with E-state index < -0.39 is 11.7 Å². The second-order valence-electron chi connectivity index (χ2n) is 6.35. The summed E-state index contributed by atoms with van der Waals surface area (Å²) in [4.78, 5) is 24.4. The summed E-state index contributed by atoms with van der Waals surface area (Å²) in [5.41, 5.74) is 4.29. The van der Waals surface area contributed by atoms with Crippen LogP contribution in [-0.4, -0.2) is 32.2 Å². The molecule has 3 aromatic carbocycles. The zero-order chi connectivity index (χ0) is 22.2. The predicted octanol–water partition coefficient (Wildman–Crippen LogP) is 3.86. The first kappa shape index (κ1) is 21.5. The first-order valence-electron chi connectivity index (χ1n) is 9.22. The van der Waals surface area contributed by atoms with Gasteiger partial charge in [0, 0.05) is 28.4 Å². The van der Waals surface area contributed by atoms with E-state index in [1.807, 2.05) is 0 Å². The van der Waals surface area contributed by atoms with Gasteiger partial charge in [-0.25, -0.2) is 9.82 Å². The van der Waals surface area contributed by atoms with Gasteiger partial charge in [0.05, 0.1) is 20.4 Å². The molecule has 0 spiro atoms. The average Bonchev–Trinajstić information content (AvgIpc) is 2.80. The van der Waals surface area contributed by atoms with Crippen LogP contribution in [0, 0.1) is 5.82 Å². The largest absolute Gasteiger partial charge is 0.497 e. The molecule has 0 atom stereocenters. The number of carbonyl (C=O) groups excluding carboxylic acids is 2. The van der Waals surface area contributed by atoms with Crippen LogP contribution in [0.2, 0.25) is 0 Å². The van der Waals surface area contributed by atoms with E-state index in [1.54, 1.807) is 49.6 Å². The number of anilines is 1. The Balaban J connectivity index is 1.59. The SMILES string of the molecule is COc1ccc(/C=N\NC(=O)c2ccc(NC(=O)c3ccc(F)cc3)cc2)c(OC)c1. The molecule has 0 saturated carbocycles. The summed E-state index contributed by atoms with van der Waals surface area (Å²) in [6.45, 7) is 0. The van der Waals surface area contributed by atoms with Crippen LogP contribution in [0.4, 0.5) is 10.1 Å². The number of hydrogen-bond acceptors (Lipinski definition) is 5. The van der Waals surface area contributed by atoms with Crippen molar-refractivity contribution in [2.45, 2.75) is 0 Å². The maximum Gasteiger partial charge on any atom is 0.271 e. The Labute approximate surface area is 178 Å². The fourth-order valence-corrected chi connectivity index (χ4v) is 2.66.